The number of rotatable bonds is 0. The summed E-state index contributed by atoms with van der Waals surface area (Å²) in [7, 11) is 0. The molecule has 19 heavy (non-hydrogen) atoms. The molecule has 1 aliphatic heterocycles. The van der Waals surface area contributed by atoms with Crippen molar-refractivity contribution in [3.8, 4) is 11.3 Å². The van der Waals surface area contributed by atoms with E-state index in [4.69, 9.17) is 0 Å². The first-order valence-corrected chi connectivity index (χ1v) is 6.95. The largest absolute Gasteiger partial charge is 0.285 e. The van der Waals surface area contributed by atoms with E-state index < -0.39 is 0 Å². The minimum absolute atomic E-state index is 0.927. The molecule has 1 aliphatic rings. The smallest absolute Gasteiger partial charge is 0.264 e. The van der Waals surface area contributed by atoms with Gasteiger partial charge in [-0.1, -0.05) is 11.3 Å². The maximum atomic E-state index is 4.48. The lowest BCUT2D eigenvalue weighted by Gasteiger charge is -1.92. The summed E-state index contributed by atoms with van der Waals surface area (Å²) in [5.41, 5.74) is 4.90. The summed E-state index contributed by atoms with van der Waals surface area (Å²) < 4.78 is 5.69. The van der Waals surface area contributed by atoms with Crippen molar-refractivity contribution in [1.82, 2.24) is 14.5 Å². The molecule has 0 fully saturated rings. The van der Waals surface area contributed by atoms with Crippen LogP contribution in [0.4, 0.5) is 0 Å². The van der Waals surface area contributed by atoms with Crippen molar-refractivity contribution in [3.05, 3.63) is 48.7 Å². The van der Waals surface area contributed by atoms with Gasteiger partial charge in [0.1, 0.15) is 10.9 Å². The maximum absolute atomic E-state index is 4.48. The molecule has 4 nitrogen and oxygen atoms in total. The number of hydrogen-bond donors (Lipinski definition) is 0. The summed E-state index contributed by atoms with van der Waals surface area (Å²) in [6, 6.07) is 6.21. The Kier molecular flexibility index (Phi) is 1.62. The van der Waals surface area contributed by atoms with Crippen LogP contribution >= 0.6 is 11.3 Å². The van der Waals surface area contributed by atoms with Crippen molar-refractivity contribution >= 4 is 26.5 Å². The monoisotopic (exact) mass is 265 g/mol. The van der Waals surface area contributed by atoms with Crippen molar-refractivity contribution in [2.75, 3.05) is 0 Å². The topological polar surface area (TPSA) is 34.8 Å². The molecule has 0 spiro atoms. The normalized spacial score (nSPS) is 13.1. The van der Waals surface area contributed by atoms with Gasteiger partial charge in [0, 0.05) is 23.5 Å². The van der Waals surface area contributed by atoms with Gasteiger partial charge < -0.3 is 0 Å². The molecule has 0 radical (unpaired) electrons. The van der Waals surface area contributed by atoms with Gasteiger partial charge in [0.15, 0.2) is 12.0 Å². The molecular formula is C14H9N4S+. The van der Waals surface area contributed by atoms with E-state index in [0.717, 1.165) is 12.2 Å². The van der Waals surface area contributed by atoms with Gasteiger partial charge in [-0.05, 0) is 18.2 Å². The van der Waals surface area contributed by atoms with Crippen molar-refractivity contribution in [2.45, 2.75) is 6.54 Å². The van der Waals surface area contributed by atoms with Crippen LogP contribution in [0.2, 0.25) is 0 Å². The highest BCUT2D eigenvalue weighted by Gasteiger charge is 2.29. The maximum Gasteiger partial charge on any atom is 0.285 e. The lowest BCUT2D eigenvalue weighted by molar-refractivity contribution is -0.480. The zero-order valence-electron chi connectivity index (χ0n) is 9.95. The quantitative estimate of drug-likeness (QED) is 0.403. The Morgan fingerprint density at radius 3 is 3.26 bits per heavy atom. The second kappa shape index (κ2) is 3.19. The van der Waals surface area contributed by atoms with E-state index in [1.54, 1.807) is 11.3 Å². The standard InChI is InChI=1S/C14H9N4S/c1-2-11-13(16-4-1)18-8-17-7-9-3-5-15-6-10(9)12(17)14(18)19-11/h1-6,8H,7H2/q+1. The van der Waals surface area contributed by atoms with Gasteiger partial charge in [-0.15, -0.1) is 4.98 Å². The predicted molar refractivity (Wildman–Crippen MR) is 73.1 cm³/mol. The first kappa shape index (κ1) is 9.63. The Labute approximate surface area is 112 Å². The van der Waals surface area contributed by atoms with Crippen molar-refractivity contribution in [3.63, 3.8) is 0 Å². The number of hydrogen-bond acceptors (Lipinski definition) is 3. The number of fused-ring (bicyclic) bond motifs is 7. The van der Waals surface area contributed by atoms with Crippen LogP contribution in [0.15, 0.2) is 43.1 Å². The highest BCUT2D eigenvalue weighted by molar-refractivity contribution is 7.23. The van der Waals surface area contributed by atoms with Crippen LogP contribution in [0.25, 0.3) is 26.4 Å². The Bertz CT molecular complexity index is 951. The van der Waals surface area contributed by atoms with E-state index in [2.05, 4.69) is 37.4 Å². The molecule has 0 unspecified atom stereocenters. The van der Waals surface area contributed by atoms with E-state index in [1.165, 1.54) is 26.4 Å². The second-order valence-electron chi connectivity index (χ2n) is 4.73. The number of thiazole rings is 1. The molecule has 0 aliphatic carbocycles. The molecule has 0 bridgehead atoms. The van der Waals surface area contributed by atoms with E-state index in [1.807, 2.05) is 24.7 Å². The molecule has 5 rings (SSSR count). The van der Waals surface area contributed by atoms with Crippen LogP contribution in [0.3, 0.4) is 0 Å². The Morgan fingerprint density at radius 1 is 1.26 bits per heavy atom. The van der Waals surface area contributed by atoms with Crippen LogP contribution < -0.4 is 4.40 Å². The Morgan fingerprint density at radius 2 is 2.26 bits per heavy atom. The molecule has 4 aromatic heterocycles. The summed E-state index contributed by atoms with van der Waals surface area (Å²) in [5, 5.41) is 0. The van der Waals surface area contributed by atoms with Crippen LogP contribution in [0, 0.1) is 0 Å². The minimum Gasteiger partial charge on any atom is -0.264 e. The van der Waals surface area contributed by atoms with Crippen LogP contribution in [-0.2, 0) is 6.54 Å². The SMILES string of the molecule is c1cnc2c(c1)sc1c3n(c[n+]12)Cc1ccncc1-3. The number of aromatic nitrogens is 4. The highest BCUT2D eigenvalue weighted by atomic mass is 32.1. The van der Waals surface area contributed by atoms with Crippen molar-refractivity contribution < 1.29 is 4.40 Å². The second-order valence-corrected chi connectivity index (χ2v) is 5.76. The third-order valence-electron chi connectivity index (χ3n) is 3.66. The fourth-order valence-electron chi connectivity index (χ4n) is 2.83. The third-order valence-corrected chi connectivity index (χ3v) is 4.78. The van der Waals surface area contributed by atoms with Gasteiger partial charge >= 0.3 is 0 Å². The molecular weight excluding hydrogens is 256 g/mol. The predicted octanol–water partition coefficient (Wildman–Crippen LogP) is 2.26. The van der Waals surface area contributed by atoms with Gasteiger partial charge in [-0.2, -0.15) is 4.40 Å². The summed E-state index contributed by atoms with van der Waals surface area (Å²) >= 11 is 1.79. The van der Waals surface area contributed by atoms with Crippen LogP contribution in [0.5, 0.6) is 0 Å². The van der Waals surface area contributed by atoms with Crippen LogP contribution in [0.1, 0.15) is 5.56 Å². The molecule has 5 heterocycles. The van der Waals surface area contributed by atoms with E-state index in [9.17, 15) is 0 Å². The third kappa shape index (κ3) is 1.11. The summed E-state index contributed by atoms with van der Waals surface area (Å²) in [6.45, 7) is 0.927. The molecule has 0 amide bonds. The van der Waals surface area contributed by atoms with Crippen LogP contribution in [-0.4, -0.2) is 14.5 Å². The zero-order chi connectivity index (χ0) is 12.4. The molecule has 0 N–H and O–H groups in total. The van der Waals surface area contributed by atoms with E-state index in [0.29, 0.717) is 0 Å². The Balaban J connectivity index is 1.97. The summed E-state index contributed by atoms with van der Waals surface area (Å²) in [5.74, 6) is 0. The van der Waals surface area contributed by atoms with Gasteiger partial charge in [-0.25, -0.2) is 0 Å². The fourth-order valence-corrected chi connectivity index (χ4v) is 3.98. The molecule has 5 heteroatoms. The molecule has 90 valence electrons. The number of imidazole rings is 1. The number of pyridine rings is 2. The number of nitrogens with zero attached hydrogens (tertiary/aromatic N) is 4. The van der Waals surface area contributed by atoms with Crippen molar-refractivity contribution in [1.29, 1.82) is 0 Å². The van der Waals surface area contributed by atoms with Crippen molar-refractivity contribution in [2.24, 2.45) is 0 Å². The van der Waals surface area contributed by atoms with Gasteiger partial charge in [0.25, 0.3) is 5.65 Å². The highest BCUT2D eigenvalue weighted by Crippen LogP contribution is 2.36. The first-order valence-electron chi connectivity index (χ1n) is 6.13. The first-order chi connectivity index (χ1) is 9.42. The fraction of sp³-hybridized carbons (Fsp3) is 0.0714. The summed E-state index contributed by atoms with van der Waals surface area (Å²) in [6.07, 6.45) is 7.82. The molecule has 0 saturated heterocycles. The van der Waals surface area contributed by atoms with Gasteiger partial charge in [0.2, 0.25) is 4.83 Å². The van der Waals surface area contributed by atoms with E-state index in [-0.39, 0.29) is 0 Å². The van der Waals surface area contributed by atoms with E-state index >= 15 is 0 Å². The Hall–Kier alpha value is -2.27. The van der Waals surface area contributed by atoms with Gasteiger partial charge in [0.05, 0.1) is 6.54 Å². The lowest BCUT2D eigenvalue weighted by atomic mass is 10.1. The average molecular weight is 265 g/mol. The molecule has 0 aromatic carbocycles. The molecule has 0 atom stereocenters. The zero-order valence-corrected chi connectivity index (χ0v) is 10.8. The lowest BCUT2D eigenvalue weighted by Crippen LogP contribution is -2.17. The molecule has 0 saturated carbocycles. The average Bonchev–Trinajstić information content (AvgIpc) is 3.05. The molecule has 4 aromatic rings. The minimum atomic E-state index is 0.927. The summed E-state index contributed by atoms with van der Waals surface area (Å²) in [4.78, 5) is 9.99. The van der Waals surface area contributed by atoms with Gasteiger partial charge in [-0.3, -0.25) is 9.55 Å².